The molecule has 0 saturated heterocycles. The molecule has 3 rings (SSSR count). The molecule has 0 spiro atoms. The lowest BCUT2D eigenvalue weighted by Gasteiger charge is -2.27. The summed E-state index contributed by atoms with van der Waals surface area (Å²) in [6.45, 7) is 1.11. The molecule has 0 amide bonds. The molecule has 1 unspecified atom stereocenters. The van der Waals surface area contributed by atoms with E-state index in [1.165, 1.54) is 18.2 Å². The summed E-state index contributed by atoms with van der Waals surface area (Å²) in [5.74, 6) is -3.41. The van der Waals surface area contributed by atoms with E-state index < -0.39 is 29.7 Å². The second kappa shape index (κ2) is 7.01. The van der Waals surface area contributed by atoms with Gasteiger partial charge >= 0.3 is 5.97 Å². The largest absolute Gasteiger partial charge is 0.462 e. The van der Waals surface area contributed by atoms with Gasteiger partial charge in [-0.15, -0.1) is 0 Å². The van der Waals surface area contributed by atoms with E-state index in [1.54, 1.807) is 13.0 Å². The number of halogens is 1. The van der Waals surface area contributed by atoms with Crippen molar-refractivity contribution in [2.45, 2.75) is 19.4 Å². The van der Waals surface area contributed by atoms with Gasteiger partial charge in [0.2, 0.25) is 17.1 Å². The van der Waals surface area contributed by atoms with Crippen LogP contribution in [0.25, 0.3) is 0 Å². The van der Waals surface area contributed by atoms with Crippen LogP contribution in [-0.2, 0) is 16.1 Å². The number of aliphatic hydroxyl groups is 1. The number of fused-ring (bicyclic) bond motifs is 1. The molecule has 0 radical (unpaired) electrons. The summed E-state index contributed by atoms with van der Waals surface area (Å²) in [4.78, 5) is 24.7. The van der Waals surface area contributed by atoms with Gasteiger partial charge < -0.3 is 24.7 Å². The topological polar surface area (TPSA) is 112 Å². The maximum Gasteiger partial charge on any atom is 0.340 e. The van der Waals surface area contributed by atoms with Crippen molar-refractivity contribution in [2.75, 3.05) is 6.61 Å². The molecule has 0 bridgehead atoms. The maximum atomic E-state index is 14.5. The van der Waals surface area contributed by atoms with Crippen LogP contribution in [0, 0.1) is 5.82 Å². The van der Waals surface area contributed by atoms with Crippen molar-refractivity contribution in [2.24, 2.45) is 5.73 Å². The molecule has 1 atom stereocenters. The fraction of sp³-hybridized carbons (Fsp3) is 0.222. The van der Waals surface area contributed by atoms with E-state index in [-0.39, 0.29) is 40.9 Å². The molecule has 1 aromatic carbocycles. The van der Waals surface area contributed by atoms with Crippen molar-refractivity contribution in [1.82, 2.24) is 0 Å². The molecule has 0 aliphatic carbocycles. The minimum atomic E-state index is -1.15. The molecule has 1 aliphatic heterocycles. The molecular weight excluding hydrogens is 345 g/mol. The van der Waals surface area contributed by atoms with Crippen LogP contribution in [0.1, 0.15) is 29.9 Å². The number of hydrogen-bond acceptors (Lipinski definition) is 7. The van der Waals surface area contributed by atoms with Crippen molar-refractivity contribution in [3.05, 3.63) is 74.9 Å². The number of carbonyl (C=O) groups is 1. The minimum absolute atomic E-state index is 0.0534. The third-order valence-electron chi connectivity index (χ3n) is 3.88. The Kier molecular flexibility index (Phi) is 4.77. The lowest BCUT2D eigenvalue weighted by atomic mass is 9.86. The lowest BCUT2D eigenvalue weighted by Crippen LogP contribution is -2.30. The summed E-state index contributed by atoms with van der Waals surface area (Å²) in [5.41, 5.74) is 5.12. The summed E-state index contributed by atoms with van der Waals surface area (Å²) in [5, 5.41) is 9.31. The fourth-order valence-corrected chi connectivity index (χ4v) is 2.79. The minimum Gasteiger partial charge on any atom is -0.462 e. The van der Waals surface area contributed by atoms with Gasteiger partial charge in [-0.1, -0.05) is 18.2 Å². The first-order valence-electron chi connectivity index (χ1n) is 7.84. The fourth-order valence-electron chi connectivity index (χ4n) is 2.79. The number of hydrogen-bond donors (Lipinski definition) is 2. The Balaban J connectivity index is 2.30. The molecule has 7 nitrogen and oxygen atoms in total. The normalized spacial score (nSPS) is 16.0. The first kappa shape index (κ1) is 17.7. The number of nitrogens with two attached hydrogens (primary N) is 1. The first-order valence-corrected chi connectivity index (χ1v) is 7.84. The van der Waals surface area contributed by atoms with Gasteiger partial charge in [0, 0.05) is 11.6 Å². The lowest BCUT2D eigenvalue weighted by molar-refractivity contribution is -0.139. The van der Waals surface area contributed by atoms with Crippen LogP contribution in [0.5, 0.6) is 5.75 Å². The van der Waals surface area contributed by atoms with E-state index in [9.17, 15) is 19.1 Å². The highest BCUT2D eigenvalue weighted by Crippen LogP contribution is 2.42. The van der Waals surface area contributed by atoms with Crippen molar-refractivity contribution >= 4 is 5.97 Å². The highest BCUT2D eigenvalue weighted by Gasteiger charge is 2.40. The van der Waals surface area contributed by atoms with Crippen LogP contribution in [0.2, 0.25) is 0 Å². The van der Waals surface area contributed by atoms with E-state index in [4.69, 9.17) is 19.6 Å². The Morgan fingerprint density at radius 1 is 1.38 bits per heavy atom. The van der Waals surface area contributed by atoms with Crippen LogP contribution >= 0.6 is 0 Å². The van der Waals surface area contributed by atoms with Gasteiger partial charge in [-0.3, -0.25) is 4.79 Å². The molecule has 0 saturated carbocycles. The molecule has 3 N–H and O–H groups in total. The molecule has 2 heterocycles. The van der Waals surface area contributed by atoms with E-state index in [1.807, 2.05) is 0 Å². The molecule has 1 aromatic heterocycles. The van der Waals surface area contributed by atoms with Crippen molar-refractivity contribution in [1.29, 1.82) is 0 Å². The smallest absolute Gasteiger partial charge is 0.340 e. The summed E-state index contributed by atoms with van der Waals surface area (Å²) in [7, 11) is 0. The van der Waals surface area contributed by atoms with Gasteiger partial charge in [-0.05, 0) is 13.0 Å². The predicted molar refractivity (Wildman–Crippen MR) is 87.6 cm³/mol. The highest BCUT2D eigenvalue weighted by atomic mass is 19.1. The summed E-state index contributed by atoms with van der Waals surface area (Å²) in [6, 6.07) is 6.74. The Morgan fingerprint density at radius 3 is 2.77 bits per heavy atom. The Hall–Kier alpha value is -3.13. The Bertz CT molecular complexity index is 949. The zero-order valence-electron chi connectivity index (χ0n) is 13.8. The zero-order valence-corrected chi connectivity index (χ0v) is 13.8. The Morgan fingerprint density at radius 2 is 2.12 bits per heavy atom. The second-order valence-electron chi connectivity index (χ2n) is 5.48. The third-order valence-corrected chi connectivity index (χ3v) is 3.88. The quantitative estimate of drug-likeness (QED) is 0.794. The number of ether oxygens (including phenoxy) is 2. The number of carbonyl (C=O) groups excluding carboxylic acids is 1. The Labute approximate surface area is 147 Å². The van der Waals surface area contributed by atoms with Gasteiger partial charge in [0.1, 0.15) is 23.8 Å². The molecule has 26 heavy (non-hydrogen) atoms. The van der Waals surface area contributed by atoms with E-state index in [0.717, 1.165) is 6.07 Å². The number of benzene rings is 1. The zero-order chi connectivity index (χ0) is 18.8. The summed E-state index contributed by atoms with van der Waals surface area (Å²) < 4.78 is 30.3. The number of esters is 1. The van der Waals surface area contributed by atoms with Crippen LogP contribution in [0.4, 0.5) is 4.39 Å². The summed E-state index contributed by atoms with van der Waals surface area (Å²) >= 11 is 0. The molecule has 8 heteroatoms. The standard InChI is InChI=1S/C18H16FNO6/c1-2-24-18(23)14-13(10-5-3-4-6-11(10)19)16-15(26-17(14)20)12(22)7-9(8-21)25-16/h3-7,13,21H,2,8,20H2,1H3. The maximum absolute atomic E-state index is 14.5. The third kappa shape index (κ3) is 2.95. The van der Waals surface area contributed by atoms with Crippen LogP contribution in [0.3, 0.4) is 0 Å². The van der Waals surface area contributed by atoms with Crippen molar-refractivity contribution < 1.29 is 28.2 Å². The van der Waals surface area contributed by atoms with Crippen molar-refractivity contribution in [3.8, 4) is 5.75 Å². The van der Waals surface area contributed by atoms with Crippen LogP contribution < -0.4 is 15.9 Å². The van der Waals surface area contributed by atoms with Gasteiger partial charge in [0.25, 0.3) is 0 Å². The number of rotatable bonds is 4. The van der Waals surface area contributed by atoms with Crippen LogP contribution in [-0.4, -0.2) is 17.7 Å². The number of aliphatic hydroxyl groups excluding tert-OH is 1. The van der Waals surface area contributed by atoms with Crippen LogP contribution in [0.15, 0.2) is 51.0 Å². The second-order valence-corrected chi connectivity index (χ2v) is 5.48. The molecular formula is C18H16FNO6. The van der Waals surface area contributed by atoms with E-state index in [0.29, 0.717) is 0 Å². The SMILES string of the molecule is CCOC(=O)C1=C(N)Oc2c(oc(CO)cc2=O)C1c1ccccc1F. The van der Waals surface area contributed by atoms with Gasteiger partial charge in [-0.25, -0.2) is 9.18 Å². The average Bonchev–Trinajstić information content (AvgIpc) is 2.62. The van der Waals surface area contributed by atoms with E-state index in [2.05, 4.69) is 0 Å². The van der Waals surface area contributed by atoms with Gasteiger partial charge in [0.05, 0.1) is 12.5 Å². The monoisotopic (exact) mass is 361 g/mol. The molecule has 136 valence electrons. The predicted octanol–water partition coefficient (Wildman–Crippen LogP) is 1.53. The van der Waals surface area contributed by atoms with Gasteiger partial charge in [-0.2, -0.15) is 0 Å². The highest BCUT2D eigenvalue weighted by molar-refractivity contribution is 5.92. The summed E-state index contributed by atoms with van der Waals surface area (Å²) in [6.07, 6.45) is 0. The average molecular weight is 361 g/mol. The van der Waals surface area contributed by atoms with Crippen molar-refractivity contribution in [3.63, 3.8) is 0 Å². The van der Waals surface area contributed by atoms with E-state index >= 15 is 0 Å². The molecule has 0 fully saturated rings. The molecule has 2 aromatic rings. The van der Waals surface area contributed by atoms with Gasteiger partial charge in [0.15, 0.2) is 5.76 Å². The first-order chi connectivity index (χ1) is 12.5. The molecule has 1 aliphatic rings.